The lowest BCUT2D eigenvalue weighted by Gasteiger charge is -2.36. The summed E-state index contributed by atoms with van der Waals surface area (Å²) in [6.45, 7) is 5.55. The Morgan fingerprint density at radius 1 is 0.943 bits per heavy atom. The quantitative estimate of drug-likeness (QED) is 0.673. The first kappa shape index (κ1) is 24.9. The molecule has 0 atom stereocenters. The minimum atomic E-state index is -4.57. The number of para-hydroxylation sites is 1. The number of nitriles is 1. The number of hydrogen-bond acceptors (Lipinski definition) is 5. The van der Waals surface area contributed by atoms with Crippen molar-refractivity contribution in [2.24, 2.45) is 0 Å². The van der Waals surface area contributed by atoms with E-state index in [0.717, 1.165) is 38.8 Å². The van der Waals surface area contributed by atoms with Crippen LogP contribution in [0.1, 0.15) is 30.4 Å². The first-order valence-electron chi connectivity index (χ1n) is 12.0. The molecule has 2 heterocycles. The van der Waals surface area contributed by atoms with E-state index in [1.807, 2.05) is 23.1 Å². The molecule has 2 aliphatic heterocycles. The number of carbonyl (C=O) groups excluding carboxylic acids is 1. The number of piperazine rings is 1. The summed E-state index contributed by atoms with van der Waals surface area (Å²) in [5.41, 5.74) is 0.407. The number of nitrogens with one attached hydrogen (secondary N) is 1. The van der Waals surface area contributed by atoms with E-state index < -0.39 is 11.7 Å². The minimum absolute atomic E-state index is 0.0201. The monoisotopic (exact) mass is 485 g/mol. The summed E-state index contributed by atoms with van der Waals surface area (Å²) in [5.74, 6) is 0.0201. The van der Waals surface area contributed by atoms with Crippen molar-refractivity contribution in [1.82, 2.24) is 10.2 Å². The number of amides is 1. The molecule has 0 bridgehead atoms. The van der Waals surface area contributed by atoms with E-state index in [1.165, 1.54) is 11.8 Å². The first-order valence-corrected chi connectivity index (χ1v) is 12.0. The molecule has 0 saturated carbocycles. The van der Waals surface area contributed by atoms with Crippen molar-refractivity contribution >= 4 is 17.3 Å². The van der Waals surface area contributed by atoms with Crippen LogP contribution in [-0.2, 0) is 11.0 Å². The number of hydrogen-bond donors (Lipinski definition) is 1. The smallest absolute Gasteiger partial charge is 0.371 e. The summed E-state index contributed by atoms with van der Waals surface area (Å²) in [5, 5.41) is 12.1. The number of alkyl halides is 3. The van der Waals surface area contributed by atoms with Crippen molar-refractivity contribution < 1.29 is 18.0 Å². The molecule has 1 N–H and O–H groups in total. The molecule has 0 radical (unpaired) electrons. The van der Waals surface area contributed by atoms with Crippen molar-refractivity contribution in [1.29, 1.82) is 5.26 Å². The zero-order chi connectivity index (χ0) is 24.8. The third-order valence-electron chi connectivity index (χ3n) is 6.80. The zero-order valence-electron chi connectivity index (χ0n) is 19.6. The molecule has 186 valence electrons. The van der Waals surface area contributed by atoms with E-state index in [-0.39, 0.29) is 17.5 Å². The lowest BCUT2D eigenvalue weighted by molar-refractivity contribution is -0.137. The second-order valence-corrected chi connectivity index (χ2v) is 9.08. The second-order valence-electron chi connectivity index (χ2n) is 9.08. The van der Waals surface area contributed by atoms with Crippen LogP contribution in [0.25, 0.3) is 0 Å². The van der Waals surface area contributed by atoms with Gasteiger partial charge in [0.25, 0.3) is 0 Å². The molecule has 2 fully saturated rings. The Hall–Kier alpha value is -3.25. The molecule has 2 aromatic carbocycles. The third-order valence-corrected chi connectivity index (χ3v) is 6.80. The summed E-state index contributed by atoms with van der Waals surface area (Å²) in [7, 11) is 0. The first-order chi connectivity index (χ1) is 16.8. The maximum Gasteiger partial charge on any atom is 0.417 e. The fraction of sp³-hybridized carbons (Fsp3) is 0.462. The number of halogens is 3. The van der Waals surface area contributed by atoms with Gasteiger partial charge >= 0.3 is 6.18 Å². The molecule has 1 amide bonds. The molecule has 6 nitrogen and oxygen atoms in total. The molecular weight excluding hydrogens is 455 g/mol. The summed E-state index contributed by atoms with van der Waals surface area (Å²) >= 11 is 0. The van der Waals surface area contributed by atoms with Crippen LogP contribution in [0.5, 0.6) is 0 Å². The van der Waals surface area contributed by atoms with Crippen LogP contribution in [0.15, 0.2) is 48.5 Å². The van der Waals surface area contributed by atoms with Gasteiger partial charge in [0.1, 0.15) is 0 Å². The number of nitrogens with zero attached hydrogens (tertiary/aromatic N) is 4. The molecule has 35 heavy (non-hydrogen) atoms. The topological polar surface area (TPSA) is 62.6 Å². The normalized spacial score (nSPS) is 17.8. The molecule has 4 rings (SSSR count). The van der Waals surface area contributed by atoms with Gasteiger partial charge in [0.15, 0.2) is 0 Å². The Balaban J connectivity index is 1.19. The maximum absolute atomic E-state index is 13.3. The van der Waals surface area contributed by atoms with Gasteiger partial charge in [-0.15, -0.1) is 0 Å². The van der Waals surface area contributed by atoms with E-state index in [1.54, 1.807) is 12.1 Å². The Kier molecular flexibility index (Phi) is 7.81. The van der Waals surface area contributed by atoms with Gasteiger partial charge in [-0.25, -0.2) is 0 Å². The standard InChI is InChI=1S/C26H30F3N5O/c27-26(28,29)24-18-23(7-6-20(24)19-30)33-12-8-21(9-13-33)31-25(35)10-11-32-14-16-34(17-15-32)22-4-2-1-3-5-22/h1-7,18,21H,8-17H2,(H,31,35). The van der Waals surface area contributed by atoms with Crippen molar-refractivity contribution in [3.8, 4) is 6.07 Å². The van der Waals surface area contributed by atoms with Gasteiger partial charge in [-0.05, 0) is 43.2 Å². The van der Waals surface area contributed by atoms with Gasteiger partial charge in [-0.1, -0.05) is 18.2 Å². The van der Waals surface area contributed by atoms with Crippen molar-refractivity contribution in [2.75, 3.05) is 55.6 Å². The van der Waals surface area contributed by atoms with E-state index in [0.29, 0.717) is 38.0 Å². The van der Waals surface area contributed by atoms with Gasteiger partial charge in [0.05, 0.1) is 17.2 Å². The summed E-state index contributed by atoms with van der Waals surface area (Å²) in [6.07, 6.45) is -2.79. The fourth-order valence-electron chi connectivity index (χ4n) is 4.77. The molecule has 2 aliphatic rings. The second kappa shape index (κ2) is 11.0. The number of carbonyl (C=O) groups is 1. The number of anilines is 2. The van der Waals surface area contributed by atoms with Gasteiger partial charge in [-0.3, -0.25) is 9.69 Å². The van der Waals surface area contributed by atoms with Crippen LogP contribution >= 0.6 is 0 Å². The van der Waals surface area contributed by atoms with E-state index in [9.17, 15) is 18.0 Å². The lowest BCUT2D eigenvalue weighted by atomic mass is 10.0. The SMILES string of the molecule is N#Cc1ccc(N2CCC(NC(=O)CCN3CCN(c4ccccc4)CC3)CC2)cc1C(F)(F)F. The lowest BCUT2D eigenvalue weighted by Crippen LogP contribution is -2.48. The van der Waals surface area contributed by atoms with Gasteiger partial charge in [0.2, 0.25) is 5.91 Å². The number of benzene rings is 2. The molecule has 0 spiro atoms. The van der Waals surface area contributed by atoms with Crippen molar-refractivity contribution in [3.63, 3.8) is 0 Å². The zero-order valence-corrected chi connectivity index (χ0v) is 19.6. The number of rotatable bonds is 6. The van der Waals surface area contributed by atoms with Crippen LogP contribution in [0, 0.1) is 11.3 Å². The highest BCUT2D eigenvalue weighted by Gasteiger charge is 2.34. The largest absolute Gasteiger partial charge is 0.417 e. The van der Waals surface area contributed by atoms with Gasteiger partial charge < -0.3 is 15.1 Å². The molecule has 9 heteroatoms. The highest BCUT2D eigenvalue weighted by atomic mass is 19.4. The minimum Gasteiger partial charge on any atom is -0.371 e. The molecular formula is C26H30F3N5O. The molecule has 0 unspecified atom stereocenters. The van der Waals surface area contributed by atoms with E-state index in [2.05, 4.69) is 27.2 Å². The molecule has 0 aromatic heterocycles. The summed E-state index contributed by atoms with van der Waals surface area (Å²) in [4.78, 5) is 19.0. The average Bonchev–Trinajstić information content (AvgIpc) is 2.88. The van der Waals surface area contributed by atoms with Crippen LogP contribution in [0.4, 0.5) is 24.5 Å². The highest BCUT2D eigenvalue weighted by Crippen LogP contribution is 2.35. The Bertz CT molecular complexity index is 1040. The fourth-order valence-corrected chi connectivity index (χ4v) is 4.77. The van der Waals surface area contributed by atoms with Gasteiger partial charge in [0, 0.05) is 69.7 Å². The Morgan fingerprint density at radius 3 is 2.23 bits per heavy atom. The van der Waals surface area contributed by atoms with Crippen LogP contribution in [0.3, 0.4) is 0 Å². The van der Waals surface area contributed by atoms with Crippen molar-refractivity contribution in [3.05, 3.63) is 59.7 Å². The summed E-state index contributed by atoms with van der Waals surface area (Å²) in [6, 6.07) is 15.8. The van der Waals surface area contributed by atoms with Crippen LogP contribution in [-0.4, -0.2) is 62.7 Å². The van der Waals surface area contributed by atoms with Crippen LogP contribution in [0.2, 0.25) is 0 Å². The Labute approximate surface area is 203 Å². The summed E-state index contributed by atoms with van der Waals surface area (Å²) < 4.78 is 39.8. The Morgan fingerprint density at radius 2 is 1.60 bits per heavy atom. The maximum atomic E-state index is 13.3. The predicted molar refractivity (Wildman–Crippen MR) is 129 cm³/mol. The number of piperidine rings is 1. The van der Waals surface area contributed by atoms with Crippen molar-refractivity contribution in [2.45, 2.75) is 31.5 Å². The highest BCUT2D eigenvalue weighted by molar-refractivity contribution is 5.76. The average molecular weight is 486 g/mol. The predicted octanol–water partition coefficient (Wildman–Crippen LogP) is 3.87. The molecule has 2 aromatic rings. The van der Waals surface area contributed by atoms with E-state index in [4.69, 9.17) is 5.26 Å². The third kappa shape index (κ3) is 6.45. The molecule has 0 aliphatic carbocycles. The van der Waals surface area contributed by atoms with Gasteiger partial charge in [-0.2, -0.15) is 18.4 Å². The van der Waals surface area contributed by atoms with Crippen LogP contribution < -0.4 is 15.1 Å². The van der Waals surface area contributed by atoms with E-state index >= 15 is 0 Å². The molecule has 2 saturated heterocycles.